The minimum Gasteiger partial charge on any atom is -0.350 e. The van der Waals surface area contributed by atoms with E-state index in [1.165, 1.54) is 0 Å². The molecule has 0 bridgehead atoms. The number of benzene rings is 1. The zero-order valence-electron chi connectivity index (χ0n) is 15.7. The smallest absolute Gasteiger partial charge is 0.228 e. The highest BCUT2D eigenvalue weighted by molar-refractivity contribution is 5.87. The number of piperidine rings is 1. The quantitative estimate of drug-likeness (QED) is 0.900. The number of nitrogens with zero attached hydrogens (tertiary/aromatic N) is 3. The van der Waals surface area contributed by atoms with Gasteiger partial charge in [-0.1, -0.05) is 30.3 Å². The molecule has 1 aromatic carbocycles. The summed E-state index contributed by atoms with van der Waals surface area (Å²) in [4.78, 5) is 27.0. The van der Waals surface area contributed by atoms with E-state index in [-0.39, 0.29) is 23.3 Å². The van der Waals surface area contributed by atoms with Crippen molar-refractivity contribution in [3.05, 3.63) is 53.9 Å². The van der Waals surface area contributed by atoms with Crippen LogP contribution in [-0.4, -0.2) is 45.1 Å². The van der Waals surface area contributed by atoms with Gasteiger partial charge >= 0.3 is 0 Å². The van der Waals surface area contributed by atoms with Crippen molar-refractivity contribution in [2.75, 3.05) is 13.1 Å². The zero-order valence-corrected chi connectivity index (χ0v) is 15.7. The molecule has 2 aliphatic rings. The largest absolute Gasteiger partial charge is 0.350 e. The maximum atomic E-state index is 12.5. The van der Waals surface area contributed by atoms with Crippen LogP contribution in [0.2, 0.25) is 0 Å². The SMILES string of the molecule is Cn1cc(CCC(=O)N2CCC3(CC2)CC(c2ccccc2)C(=O)N3)cn1. The fourth-order valence-electron chi connectivity index (χ4n) is 4.36. The molecule has 0 aliphatic carbocycles. The summed E-state index contributed by atoms with van der Waals surface area (Å²) in [6.07, 6.45) is 7.50. The minimum absolute atomic E-state index is 0.0703. The molecule has 6 nitrogen and oxygen atoms in total. The molecule has 6 heteroatoms. The van der Waals surface area contributed by atoms with Crippen LogP contribution in [0.5, 0.6) is 0 Å². The van der Waals surface area contributed by atoms with Crippen LogP contribution < -0.4 is 5.32 Å². The second-order valence-corrected chi connectivity index (χ2v) is 7.84. The lowest BCUT2D eigenvalue weighted by Gasteiger charge is -2.39. The van der Waals surface area contributed by atoms with Gasteiger partial charge in [-0.05, 0) is 36.8 Å². The first-order chi connectivity index (χ1) is 13.0. The number of aryl methyl sites for hydroxylation is 2. The number of likely N-dealkylation sites (tertiary alicyclic amines) is 1. The number of rotatable bonds is 4. The number of hydrogen-bond donors (Lipinski definition) is 1. The Labute approximate surface area is 159 Å². The standard InChI is InChI=1S/C21H26N4O2/c1-24-15-16(14-22-24)7-8-19(26)25-11-9-21(10-12-25)13-18(20(27)23-21)17-5-3-2-4-6-17/h2-6,14-15,18H,7-13H2,1H3,(H,23,27). The predicted molar refractivity (Wildman–Crippen MR) is 102 cm³/mol. The number of nitrogens with one attached hydrogen (secondary N) is 1. The molecular weight excluding hydrogens is 340 g/mol. The van der Waals surface area contributed by atoms with Gasteiger partial charge in [0.15, 0.2) is 0 Å². The summed E-state index contributed by atoms with van der Waals surface area (Å²) in [6, 6.07) is 10.00. The molecular formula is C21H26N4O2. The Morgan fingerprint density at radius 1 is 1.26 bits per heavy atom. The van der Waals surface area contributed by atoms with E-state index in [0.717, 1.165) is 36.8 Å². The first kappa shape index (κ1) is 17.8. The topological polar surface area (TPSA) is 67.2 Å². The van der Waals surface area contributed by atoms with Crippen molar-refractivity contribution in [1.82, 2.24) is 20.0 Å². The van der Waals surface area contributed by atoms with E-state index in [2.05, 4.69) is 10.4 Å². The average molecular weight is 366 g/mol. The van der Waals surface area contributed by atoms with Crippen LogP contribution in [0.1, 0.15) is 42.7 Å². The van der Waals surface area contributed by atoms with Gasteiger partial charge in [-0.2, -0.15) is 5.10 Å². The van der Waals surface area contributed by atoms with Crippen molar-refractivity contribution in [3.8, 4) is 0 Å². The molecule has 142 valence electrons. The second-order valence-electron chi connectivity index (χ2n) is 7.84. The van der Waals surface area contributed by atoms with Gasteiger partial charge in [0, 0.05) is 38.3 Å². The third-order valence-electron chi connectivity index (χ3n) is 5.96. The van der Waals surface area contributed by atoms with Crippen LogP contribution in [0.4, 0.5) is 0 Å². The summed E-state index contributed by atoms with van der Waals surface area (Å²) in [5, 5.41) is 7.40. The third kappa shape index (κ3) is 3.75. The molecule has 1 atom stereocenters. The maximum absolute atomic E-state index is 12.5. The van der Waals surface area contributed by atoms with Gasteiger partial charge in [-0.25, -0.2) is 0 Å². The number of carbonyl (C=O) groups is 2. The highest BCUT2D eigenvalue weighted by atomic mass is 16.2. The third-order valence-corrected chi connectivity index (χ3v) is 5.96. The summed E-state index contributed by atoms with van der Waals surface area (Å²) < 4.78 is 1.76. The molecule has 1 aromatic heterocycles. The lowest BCUT2D eigenvalue weighted by Crippen LogP contribution is -2.52. The predicted octanol–water partition coefficient (Wildman–Crippen LogP) is 2.02. The van der Waals surface area contributed by atoms with Gasteiger partial charge in [-0.15, -0.1) is 0 Å². The van der Waals surface area contributed by atoms with E-state index in [1.807, 2.05) is 54.7 Å². The second kappa shape index (κ2) is 7.18. The Morgan fingerprint density at radius 2 is 2.00 bits per heavy atom. The van der Waals surface area contributed by atoms with Crippen molar-refractivity contribution in [3.63, 3.8) is 0 Å². The number of hydrogen-bond acceptors (Lipinski definition) is 3. The van der Waals surface area contributed by atoms with Crippen molar-refractivity contribution in [1.29, 1.82) is 0 Å². The normalized spacial score (nSPS) is 21.4. The van der Waals surface area contributed by atoms with Crippen LogP contribution in [0.25, 0.3) is 0 Å². The van der Waals surface area contributed by atoms with Gasteiger partial charge in [0.2, 0.25) is 11.8 Å². The molecule has 1 spiro atoms. The molecule has 4 rings (SSSR count). The summed E-state index contributed by atoms with van der Waals surface area (Å²) >= 11 is 0. The van der Waals surface area contributed by atoms with E-state index in [0.29, 0.717) is 19.5 Å². The fraction of sp³-hybridized carbons (Fsp3) is 0.476. The van der Waals surface area contributed by atoms with Gasteiger partial charge in [0.1, 0.15) is 0 Å². The van der Waals surface area contributed by atoms with Gasteiger partial charge < -0.3 is 10.2 Å². The maximum Gasteiger partial charge on any atom is 0.228 e. The number of amides is 2. The molecule has 0 radical (unpaired) electrons. The van der Waals surface area contributed by atoms with Crippen molar-refractivity contribution < 1.29 is 9.59 Å². The molecule has 1 unspecified atom stereocenters. The number of carbonyl (C=O) groups excluding carboxylic acids is 2. The van der Waals surface area contributed by atoms with Crippen molar-refractivity contribution in [2.24, 2.45) is 7.05 Å². The molecule has 3 heterocycles. The van der Waals surface area contributed by atoms with Gasteiger partial charge in [0.25, 0.3) is 0 Å². The first-order valence-electron chi connectivity index (χ1n) is 9.67. The Hall–Kier alpha value is -2.63. The van der Waals surface area contributed by atoms with Crippen LogP contribution in [-0.2, 0) is 23.1 Å². The monoisotopic (exact) mass is 366 g/mol. The molecule has 1 N–H and O–H groups in total. The van der Waals surface area contributed by atoms with Gasteiger partial charge in [0.05, 0.1) is 12.1 Å². The van der Waals surface area contributed by atoms with Crippen LogP contribution in [0, 0.1) is 0 Å². The molecule has 2 fully saturated rings. The number of aromatic nitrogens is 2. The van der Waals surface area contributed by atoms with E-state index < -0.39 is 0 Å². The summed E-state index contributed by atoms with van der Waals surface area (Å²) in [7, 11) is 1.88. The molecule has 0 saturated carbocycles. The van der Waals surface area contributed by atoms with Gasteiger partial charge in [-0.3, -0.25) is 14.3 Å². The molecule has 2 amide bonds. The molecule has 2 aliphatic heterocycles. The Morgan fingerprint density at radius 3 is 2.67 bits per heavy atom. The van der Waals surface area contributed by atoms with E-state index in [1.54, 1.807) is 4.68 Å². The van der Waals surface area contributed by atoms with Crippen LogP contribution >= 0.6 is 0 Å². The Bertz CT molecular complexity index is 822. The van der Waals surface area contributed by atoms with Crippen LogP contribution in [0.15, 0.2) is 42.7 Å². The van der Waals surface area contributed by atoms with E-state index in [9.17, 15) is 9.59 Å². The Kier molecular flexibility index (Phi) is 4.72. The molecule has 27 heavy (non-hydrogen) atoms. The summed E-state index contributed by atoms with van der Waals surface area (Å²) in [5.41, 5.74) is 2.02. The van der Waals surface area contributed by atoms with E-state index in [4.69, 9.17) is 0 Å². The Balaban J connectivity index is 1.32. The fourth-order valence-corrected chi connectivity index (χ4v) is 4.36. The average Bonchev–Trinajstić information content (AvgIpc) is 3.24. The zero-order chi connectivity index (χ0) is 18.9. The molecule has 2 saturated heterocycles. The van der Waals surface area contributed by atoms with Crippen LogP contribution in [0.3, 0.4) is 0 Å². The summed E-state index contributed by atoms with van der Waals surface area (Å²) in [6.45, 7) is 1.43. The van der Waals surface area contributed by atoms with E-state index >= 15 is 0 Å². The van der Waals surface area contributed by atoms with Crippen molar-refractivity contribution >= 4 is 11.8 Å². The molecule has 2 aromatic rings. The summed E-state index contributed by atoms with van der Waals surface area (Å²) in [5.74, 6) is 0.245. The highest BCUT2D eigenvalue weighted by Gasteiger charge is 2.46. The highest BCUT2D eigenvalue weighted by Crippen LogP contribution is 2.39. The first-order valence-corrected chi connectivity index (χ1v) is 9.67. The minimum atomic E-state index is -0.155. The lowest BCUT2D eigenvalue weighted by molar-refractivity contribution is -0.132. The van der Waals surface area contributed by atoms with Crippen molar-refractivity contribution in [2.45, 2.75) is 43.6 Å². The lowest BCUT2D eigenvalue weighted by atomic mass is 9.82.